The van der Waals surface area contributed by atoms with Gasteiger partial charge in [0.25, 0.3) is 10.9 Å². The van der Waals surface area contributed by atoms with Gasteiger partial charge in [0.05, 0.1) is 10.5 Å². The van der Waals surface area contributed by atoms with Gasteiger partial charge in [-0.15, -0.1) is 13.3 Å². The van der Waals surface area contributed by atoms with Gasteiger partial charge in [-0.05, 0) is 30.8 Å². The van der Waals surface area contributed by atoms with Gasteiger partial charge in [0.1, 0.15) is 6.20 Å². The number of hydrogen-bond acceptors (Lipinski definition) is 7. The molecule has 2 aliphatic rings. The molecule has 2 aromatic carbocycles. The van der Waals surface area contributed by atoms with Gasteiger partial charge in [-0.1, -0.05) is 12.1 Å². The molecule has 4 rings (SSSR count). The highest BCUT2D eigenvalue weighted by Crippen LogP contribution is 2.52. The van der Waals surface area contributed by atoms with Crippen molar-refractivity contribution in [3.05, 3.63) is 69.2 Å². The standard InChI is InChI=1S/C18H12F2N3O5S/c1-10-9-23(17(21)29-10,16(24)11-4-2-5-12(8-11)22(25)26)13-6-3-7-14-15(13)28-18(19,20)27-14/h2-9,21H,1H3/q+1. The molecule has 2 aromatic rings. The number of carbonyl (C=O) groups excluding carboxylic acids is 1. The number of non-ortho nitro benzene ring substituents is 1. The van der Waals surface area contributed by atoms with Crippen LogP contribution in [-0.4, -0.2) is 22.3 Å². The summed E-state index contributed by atoms with van der Waals surface area (Å²) in [4.78, 5) is 24.6. The summed E-state index contributed by atoms with van der Waals surface area (Å²) in [6.45, 7) is 1.66. The highest BCUT2D eigenvalue weighted by molar-refractivity contribution is 8.17. The topological polar surface area (TPSA) is 103 Å². The number of carbonyl (C=O) groups is 1. The minimum atomic E-state index is -3.91. The summed E-state index contributed by atoms with van der Waals surface area (Å²) < 4.78 is 35.6. The van der Waals surface area contributed by atoms with Crippen molar-refractivity contribution in [3.8, 4) is 11.5 Å². The summed E-state index contributed by atoms with van der Waals surface area (Å²) in [7, 11) is 0. The van der Waals surface area contributed by atoms with Crippen molar-refractivity contribution in [2.24, 2.45) is 0 Å². The molecule has 1 atom stereocenters. The molecule has 2 aliphatic heterocycles. The first-order valence-corrected chi connectivity index (χ1v) is 9.00. The molecular formula is C18H12F2N3O5S+. The Bertz CT molecular complexity index is 1120. The number of fused-ring (bicyclic) bond motifs is 1. The van der Waals surface area contributed by atoms with Crippen LogP contribution in [-0.2, 0) is 0 Å². The van der Waals surface area contributed by atoms with E-state index in [2.05, 4.69) is 9.47 Å². The molecule has 0 spiro atoms. The number of nitrogens with zero attached hydrogens (tertiary/aromatic N) is 2. The van der Waals surface area contributed by atoms with Crippen LogP contribution in [0.25, 0.3) is 0 Å². The van der Waals surface area contributed by atoms with E-state index in [1.807, 2.05) is 0 Å². The first-order chi connectivity index (χ1) is 13.6. The molecule has 148 valence electrons. The van der Waals surface area contributed by atoms with Crippen LogP contribution in [0.1, 0.15) is 17.3 Å². The molecule has 1 unspecified atom stereocenters. The van der Waals surface area contributed by atoms with Gasteiger partial charge >= 0.3 is 12.2 Å². The number of para-hydroxylation sites is 1. The zero-order valence-electron chi connectivity index (χ0n) is 14.7. The first-order valence-electron chi connectivity index (χ1n) is 8.18. The Morgan fingerprint density at radius 2 is 1.97 bits per heavy atom. The van der Waals surface area contributed by atoms with Crippen molar-refractivity contribution >= 4 is 34.2 Å². The highest BCUT2D eigenvalue weighted by Gasteiger charge is 2.55. The van der Waals surface area contributed by atoms with Gasteiger partial charge in [-0.3, -0.25) is 10.1 Å². The lowest BCUT2D eigenvalue weighted by Crippen LogP contribution is -2.51. The molecule has 0 bridgehead atoms. The summed E-state index contributed by atoms with van der Waals surface area (Å²) in [5.41, 5.74) is -0.415. The fourth-order valence-corrected chi connectivity index (χ4v) is 4.10. The maximum Gasteiger partial charge on any atom is 0.586 e. The SMILES string of the molecule is CC1=C[N+](C(=O)c2cccc([N+](=O)[O-])c2)(c2cccc3c2OC(F)(F)O3)C(=N)S1. The number of nitro benzene ring substituents is 1. The molecule has 0 saturated heterocycles. The zero-order chi connectivity index (χ0) is 21.0. The summed E-state index contributed by atoms with van der Waals surface area (Å²) >= 11 is 0.979. The third-order valence-corrected chi connectivity index (χ3v) is 5.27. The number of nitrogens with one attached hydrogen (secondary N) is 1. The number of nitro groups is 1. The number of benzene rings is 2. The number of hydrogen-bond donors (Lipinski definition) is 1. The lowest BCUT2D eigenvalue weighted by atomic mass is 10.1. The summed E-state index contributed by atoms with van der Waals surface area (Å²) in [6.07, 6.45) is -2.49. The zero-order valence-corrected chi connectivity index (χ0v) is 15.5. The van der Waals surface area contributed by atoms with Crippen molar-refractivity contribution in [3.63, 3.8) is 0 Å². The largest absolute Gasteiger partial charge is 0.586 e. The first kappa shape index (κ1) is 19.0. The van der Waals surface area contributed by atoms with Crippen molar-refractivity contribution in [1.82, 2.24) is 4.48 Å². The van der Waals surface area contributed by atoms with Crippen LogP contribution in [0.2, 0.25) is 0 Å². The highest BCUT2D eigenvalue weighted by atomic mass is 32.2. The number of ether oxygens (including phenoxy) is 2. The number of allylic oxidation sites excluding steroid dienone is 1. The number of amidine groups is 1. The Hall–Kier alpha value is -3.31. The second-order valence-electron chi connectivity index (χ2n) is 6.25. The van der Waals surface area contributed by atoms with Crippen LogP contribution in [0.4, 0.5) is 20.2 Å². The van der Waals surface area contributed by atoms with E-state index >= 15 is 0 Å². The number of thioether (sulfide) groups is 1. The Labute approximate surface area is 166 Å². The number of alkyl halides is 2. The molecule has 0 radical (unpaired) electrons. The van der Waals surface area contributed by atoms with Gasteiger partial charge in [-0.2, -0.15) is 0 Å². The molecule has 11 heteroatoms. The third kappa shape index (κ3) is 2.95. The van der Waals surface area contributed by atoms with Crippen LogP contribution in [0.3, 0.4) is 0 Å². The number of halogens is 2. The van der Waals surface area contributed by atoms with Crippen LogP contribution >= 0.6 is 11.8 Å². The van der Waals surface area contributed by atoms with Crippen LogP contribution < -0.4 is 14.0 Å². The normalized spacial score (nSPS) is 21.8. The van der Waals surface area contributed by atoms with Crippen LogP contribution in [0, 0.1) is 15.5 Å². The lowest BCUT2D eigenvalue weighted by molar-refractivity contribution is -0.384. The molecule has 1 N–H and O–H groups in total. The van der Waals surface area contributed by atoms with E-state index in [1.54, 1.807) is 6.92 Å². The minimum Gasteiger partial charge on any atom is -0.395 e. The predicted molar refractivity (Wildman–Crippen MR) is 101 cm³/mol. The smallest absolute Gasteiger partial charge is 0.395 e. The molecule has 1 amide bonds. The second-order valence-corrected chi connectivity index (χ2v) is 7.49. The fourth-order valence-electron chi connectivity index (χ4n) is 3.21. The van der Waals surface area contributed by atoms with Gasteiger partial charge in [0, 0.05) is 23.1 Å². The van der Waals surface area contributed by atoms with E-state index in [-0.39, 0.29) is 33.6 Å². The molecule has 8 nitrogen and oxygen atoms in total. The average Bonchev–Trinajstić information content (AvgIpc) is 3.15. The van der Waals surface area contributed by atoms with Crippen molar-refractivity contribution in [1.29, 1.82) is 5.41 Å². The lowest BCUT2D eigenvalue weighted by Gasteiger charge is -2.27. The van der Waals surface area contributed by atoms with E-state index in [1.165, 1.54) is 42.6 Å². The third-order valence-electron chi connectivity index (χ3n) is 4.37. The average molecular weight is 420 g/mol. The van der Waals surface area contributed by atoms with Gasteiger partial charge in [-0.25, -0.2) is 10.2 Å². The fraction of sp³-hybridized carbons (Fsp3) is 0.111. The minimum absolute atomic E-state index is 0.0504. The predicted octanol–water partition coefficient (Wildman–Crippen LogP) is 4.61. The second kappa shape index (κ2) is 6.36. The Balaban J connectivity index is 1.93. The Morgan fingerprint density at radius 3 is 2.62 bits per heavy atom. The number of rotatable bonds is 3. The van der Waals surface area contributed by atoms with Crippen LogP contribution in [0.5, 0.6) is 11.5 Å². The van der Waals surface area contributed by atoms with E-state index in [4.69, 9.17) is 5.41 Å². The number of amides is 1. The molecular weight excluding hydrogens is 408 g/mol. The molecule has 0 saturated carbocycles. The summed E-state index contributed by atoms with van der Waals surface area (Å²) in [6, 6.07) is 9.05. The molecule has 0 aliphatic carbocycles. The van der Waals surface area contributed by atoms with Gasteiger partial charge in [0.2, 0.25) is 5.75 Å². The number of quaternary nitrogens is 1. The maximum absolute atomic E-state index is 13.7. The Kier molecular flexibility index (Phi) is 4.17. The van der Waals surface area contributed by atoms with E-state index in [0.717, 1.165) is 17.8 Å². The quantitative estimate of drug-likeness (QED) is 0.442. The van der Waals surface area contributed by atoms with Crippen LogP contribution in [0.15, 0.2) is 53.6 Å². The van der Waals surface area contributed by atoms with E-state index in [0.29, 0.717) is 4.91 Å². The summed E-state index contributed by atoms with van der Waals surface area (Å²) in [5, 5.41) is 19.4. The molecule has 0 fully saturated rings. The molecule has 29 heavy (non-hydrogen) atoms. The molecule has 0 aromatic heterocycles. The van der Waals surface area contributed by atoms with Crippen molar-refractivity contribution in [2.45, 2.75) is 13.2 Å². The van der Waals surface area contributed by atoms with Crippen molar-refractivity contribution < 1.29 is 28.0 Å². The van der Waals surface area contributed by atoms with E-state index in [9.17, 15) is 23.7 Å². The van der Waals surface area contributed by atoms with Crippen molar-refractivity contribution in [2.75, 3.05) is 0 Å². The van der Waals surface area contributed by atoms with Gasteiger partial charge in [0.15, 0.2) is 11.4 Å². The van der Waals surface area contributed by atoms with Gasteiger partial charge < -0.3 is 9.47 Å². The monoisotopic (exact) mass is 420 g/mol. The Morgan fingerprint density at radius 1 is 1.24 bits per heavy atom. The van der Waals surface area contributed by atoms with E-state index < -0.39 is 21.6 Å². The summed E-state index contributed by atoms with van der Waals surface area (Å²) in [5.74, 6) is -1.37. The maximum atomic E-state index is 13.7. The molecule has 2 heterocycles.